The second-order valence-corrected chi connectivity index (χ2v) is 5.03. The number of nitrogens with zero attached hydrogens (tertiary/aromatic N) is 1. The van der Waals surface area contributed by atoms with Gasteiger partial charge in [-0.05, 0) is 18.8 Å². The normalized spacial score (nSPS) is 20.3. The minimum atomic E-state index is -0.426. The Morgan fingerprint density at radius 2 is 1.94 bits per heavy atom. The fourth-order valence-electron chi connectivity index (χ4n) is 2.21. The van der Waals surface area contributed by atoms with E-state index < -0.39 is 6.04 Å². The third-order valence-electron chi connectivity index (χ3n) is 3.88. The monoisotopic (exact) mass is 256 g/mol. The van der Waals surface area contributed by atoms with Crippen molar-refractivity contribution in [2.45, 2.75) is 39.2 Å². The SMILES string of the molecule is CC[C@H](C)[C@H](N)C(=O)N1CCC(C(=O)OC)CC1. The number of rotatable bonds is 4. The van der Waals surface area contributed by atoms with Crippen molar-refractivity contribution >= 4 is 11.9 Å². The van der Waals surface area contributed by atoms with Gasteiger partial charge in [0, 0.05) is 13.1 Å². The topological polar surface area (TPSA) is 72.6 Å². The van der Waals surface area contributed by atoms with Crippen LogP contribution in [0.5, 0.6) is 0 Å². The van der Waals surface area contributed by atoms with E-state index in [4.69, 9.17) is 10.5 Å². The van der Waals surface area contributed by atoms with Crippen molar-refractivity contribution in [2.24, 2.45) is 17.6 Å². The van der Waals surface area contributed by atoms with Gasteiger partial charge in [-0.25, -0.2) is 0 Å². The number of piperidine rings is 1. The zero-order valence-corrected chi connectivity index (χ0v) is 11.5. The third kappa shape index (κ3) is 3.45. The lowest BCUT2D eigenvalue weighted by Gasteiger charge is -2.33. The highest BCUT2D eigenvalue weighted by Crippen LogP contribution is 2.20. The molecule has 1 heterocycles. The fourth-order valence-corrected chi connectivity index (χ4v) is 2.21. The van der Waals surface area contributed by atoms with Crippen LogP contribution in [0.1, 0.15) is 33.1 Å². The highest BCUT2D eigenvalue weighted by molar-refractivity contribution is 5.82. The lowest BCUT2D eigenvalue weighted by molar-refractivity contribution is -0.149. The molecule has 5 nitrogen and oxygen atoms in total. The molecule has 0 radical (unpaired) electrons. The average molecular weight is 256 g/mol. The Balaban J connectivity index is 2.47. The van der Waals surface area contributed by atoms with Gasteiger partial charge in [-0.1, -0.05) is 20.3 Å². The summed E-state index contributed by atoms with van der Waals surface area (Å²) < 4.78 is 4.72. The van der Waals surface area contributed by atoms with Gasteiger partial charge in [-0.15, -0.1) is 0 Å². The van der Waals surface area contributed by atoms with Crippen molar-refractivity contribution in [3.63, 3.8) is 0 Å². The maximum absolute atomic E-state index is 12.1. The van der Waals surface area contributed by atoms with E-state index in [1.54, 1.807) is 4.90 Å². The summed E-state index contributed by atoms with van der Waals surface area (Å²) >= 11 is 0. The molecule has 5 heteroatoms. The first kappa shape index (κ1) is 15.0. The molecule has 0 aromatic heterocycles. The number of hydrogen-bond donors (Lipinski definition) is 1. The van der Waals surface area contributed by atoms with Crippen molar-refractivity contribution in [1.82, 2.24) is 4.90 Å². The van der Waals surface area contributed by atoms with Crippen LogP contribution in [0, 0.1) is 11.8 Å². The summed E-state index contributed by atoms with van der Waals surface area (Å²) in [5.74, 6) is -0.0457. The zero-order valence-electron chi connectivity index (χ0n) is 11.5. The maximum atomic E-state index is 12.1. The Kier molecular flexibility index (Phi) is 5.59. The number of carbonyl (C=O) groups excluding carboxylic acids is 2. The first-order valence-corrected chi connectivity index (χ1v) is 6.63. The quantitative estimate of drug-likeness (QED) is 0.754. The molecule has 0 aromatic rings. The van der Waals surface area contributed by atoms with Gasteiger partial charge in [0.05, 0.1) is 19.1 Å². The Morgan fingerprint density at radius 1 is 1.39 bits per heavy atom. The van der Waals surface area contributed by atoms with E-state index in [0.717, 1.165) is 6.42 Å². The molecular weight excluding hydrogens is 232 g/mol. The van der Waals surface area contributed by atoms with Gasteiger partial charge in [-0.2, -0.15) is 0 Å². The van der Waals surface area contributed by atoms with E-state index in [2.05, 4.69) is 0 Å². The van der Waals surface area contributed by atoms with E-state index in [9.17, 15) is 9.59 Å². The number of carbonyl (C=O) groups is 2. The van der Waals surface area contributed by atoms with E-state index >= 15 is 0 Å². The number of methoxy groups -OCH3 is 1. The zero-order chi connectivity index (χ0) is 13.7. The lowest BCUT2D eigenvalue weighted by atomic mass is 9.94. The smallest absolute Gasteiger partial charge is 0.308 e. The number of hydrogen-bond acceptors (Lipinski definition) is 4. The summed E-state index contributed by atoms with van der Waals surface area (Å²) in [6, 6.07) is -0.426. The number of esters is 1. The van der Waals surface area contributed by atoms with Gasteiger partial charge >= 0.3 is 5.97 Å². The van der Waals surface area contributed by atoms with Gasteiger partial charge in [0.15, 0.2) is 0 Å². The molecule has 1 amide bonds. The van der Waals surface area contributed by atoms with Crippen molar-refractivity contribution in [3.05, 3.63) is 0 Å². The van der Waals surface area contributed by atoms with Crippen LogP contribution in [0.15, 0.2) is 0 Å². The van der Waals surface area contributed by atoms with E-state index in [1.165, 1.54) is 7.11 Å². The second-order valence-electron chi connectivity index (χ2n) is 5.03. The Bertz CT molecular complexity index is 299. The molecule has 0 saturated carbocycles. The van der Waals surface area contributed by atoms with Crippen LogP contribution >= 0.6 is 0 Å². The molecule has 1 aliphatic heterocycles. The Morgan fingerprint density at radius 3 is 2.39 bits per heavy atom. The summed E-state index contributed by atoms with van der Waals surface area (Å²) in [5, 5.41) is 0. The van der Waals surface area contributed by atoms with Crippen molar-refractivity contribution < 1.29 is 14.3 Å². The highest BCUT2D eigenvalue weighted by Gasteiger charge is 2.31. The minimum Gasteiger partial charge on any atom is -0.469 e. The number of nitrogens with two attached hydrogens (primary N) is 1. The number of likely N-dealkylation sites (tertiary alicyclic amines) is 1. The van der Waals surface area contributed by atoms with Crippen LogP contribution in [0.4, 0.5) is 0 Å². The standard InChI is InChI=1S/C13H24N2O3/c1-4-9(2)11(14)12(16)15-7-5-10(6-8-15)13(17)18-3/h9-11H,4-8,14H2,1-3H3/t9-,11-/m0/s1. The largest absolute Gasteiger partial charge is 0.469 e. The van der Waals surface area contributed by atoms with E-state index in [0.29, 0.717) is 25.9 Å². The van der Waals surface area contributed by atoms with Crippen molar-refractivity contribution in [3.8, 4) is 0 Å². The van der Waals surface area contributed by atoms with Crippen LogP contribution in [0.3, 0.4) is 0 Å². The van der Waals surface area contributed by atoms with E-state index in [1.807, 2.05) is 13.8 Å². The molecule has 0 spiro atoms. The molecule has 1 fully saturated rings. The third-order valence-corrected chi connectivity index (χ3v) is 3.88. The summed E-state index contributed by atoms with van der Waals surface area (Å²) in [6.45, 7) is 5.22. The summed E-state index contributed by atoms with van der Waals surface area (Å²) in [5.41, 5.74) is 5.94. The van der Waals surface area contributed by atoms with Crippen molar-refractivity contribution in [1.29, 1.82) is 0 Å². The van der Waals surface area contributed by atoms with Gasteiger partial charge in [0.2, 0.25) is 5.91 Å². The van der Waals surface area contributed by atoms with Crippen LogP contribution in [0.2, 0.25) is 0 Å². The molecule has 0 bridgehead atoms. The maximum Gasteiger partial charge on any atom is 0.308 e. The number of amides is 1. The molecule has 2 N–H and O–H groups in total. The minimum absolute atomic E-state index is 0.00710. The van der Waals surface area contributed by atoms with Crippen LogP contribution in [-0.2, 0) is 14.3 Å². The van der Waals surface area contributed by atoms with Gasteiger partial charge < -0.3 is 15.4 Å². The number of ether oxygens (including phenoxy) is 1. The molecule has 1 aliphatic rings. The highest BCUT2D eigenvalue weighted by atomic mass is 16.5. The molecule has 1 saturated heterocycles. The molecule has 18 heavy (non-hydrogen) atoms. The van der Waals surface area contributed by atoms with Gasteiger partial charge in [0.1, 0.15) is 0 Å². The predicted octanol–water partition coefficient (Wildman–Crippen LogP) is 0.771. The summed E-state index contributed by atoms with van der Waals surface area (Å²) in [6.07, 6.45) is 2.24. The summed E-state index contributed by atoms with van der Waals surface area (Å²) in [4.78, 5) is 25.3. The lowest BCUT2D eigenvalue weighted by Crippen LogP contribution is -2.50. The molecule has 0 aliphatic carbocycles. The first-order chi connectivity index (χ1) is 8.51. The average Bonchev–Trinajstić information content (AvgIpc) is 2.44. The Hall–Kier alpha value is -1.10. The fraction of sp³-hybridized carbons (Fsp3) is 0.846. The molecule has 2 atom stereocenters. The molecular formula is C13H24N2O3. The van der Waals surface area contributed by atoms with Crippen molar-refractivity contribution in [2.75, 3.05) is 20.2 Å². The first-order valence-electron chi connectivity index (χ1n) is 6.63. The summed E-state index contributed by atoms with van der Waals surface area (Å²) in [7, 11) is 1.40. The second kappa shape index (κ2) is 6.73. The Labute approximate surface area is 109 Å². The van der Waals surface area contributed by atoms with E-state index in [-0.39, 0.29) is 23.7 Å². The van der Waals surface area contributed by atoms with Crippen LogP contribution < -0.4 is 5.73 Å². The van der Waals surface area contributed by atoms with Gasteiger partial charge in [-0.3, -0.25) is 9.59 Å². The molecule has 0 aromatic carbocycles. The van der Waals surface area contributed by atoms with Gasteiger partial charge in [0.25, 0.3) is 0 Å². The van der Waals surface area contributed by atoms with Crippen LogP contribution in [-0.4, -0.2) is 43.0 Å². The molecule has 1 rings (SSSR count). The van der Waals surface area contributed by atoms with Crippen LogP contribution in [0.25, 0.3) is 0 Å². The predicted molar refractivity (Wildman–Crippen MR) is 68.8 cm³/mol. The molecule has 104 valence electrons. The molecule has 0 unspecified atom stereocenters.